The van der Waals surface area contributed by atoms with Crippen molar-refractivity contribution in [3.8, 4) is 0 Å². The van der Waals surface area contributed by atoms with Crippen LogP contribution in [0.2, 0.25) is 0 Å². The van der Waals surface area contributed by atoms with Crippen LogP contribution in [0.15, 0.2) is 24.3 Å². The minimum atomic E-state index is -4.35. The second-order valence-electron chi connectivity index (χ2n) is 6.24. The molecule has 0 aromatic heterocycles. The first kappa shape index (κ1) is 20.8. The van der Waals surface area contributed by atoms with Crippen LogP contribution in [0, 0.1) is 11.8 Å². The maximum Gasteiger partial charge on any atom is 0.416 e. The SMILES string of the molecule is CC(Cc1cccc(C(F)(F)F)c1)C(=O)NCCC1CCNC1.Cl. The molecule has 0 bridgehead atoms. The summed E-state index contributed by atoms with van der Waals surface area (Å²) >= 11 is 0. The largest absolute Gasteiger partial charge is 0.416 e. The second kappa shape index (κ2) is 9.28. The first-order valence-corrected chi connectivity index (χ1v) is 8.01. The highest BCUT2D eigenvalue weighted by Crippen LogP contribution is 2.30. The highest BCUT2D eigenvalue weighted by Gasteiger charge is 2.30. The molecule has 24 heavy (non-hydrogen) atoms. The van der Waals surface area contributed by atoms with Crippen LogP contribution >= 0.6 is 12.4 Å². The molecule has 2 unspecified atom stereocenters. The summed E-state index contributed by atoms with van der Waals surface area (Å²) in [5, 5.41) is 6.16. The molecule has 7 heteroatoms. The van der Waals surface area contributed by atoms with Crippen molar-refractivity contribution in [1.82, 2.24) is 10.6 Å². The van der Waals surface area contributed by atoms with Gasteiger partial charge in [0, 0.05) is 12.5 Å². The van der Waals surface area contributed by atoms with E-state index in [9.17, 15) is 18.0 Å². The van der Waals surface area contributed by atoms with Crippen molar-refractivity contribution in [3.63, 3.8) is 0 Å². The zero-order valence-electron chi connectivity index (χ0n) is 13.7. The molecule has 1 saturated heterocycles. The lowest BCUT2D eigenvalue weighted by atomic mass is 9.98. The summed E-state index contributed by atoms with van der Waals surface area (Å²) in [4.78, 5) is 12.1. The topological polar surface area (TPSA) is 41.1 Å². The molecule has 1 aromatic carbocycles. The summed E-state index contributed by atoms with van der Waals surface area (Å²) in [7, 11) is 0. The molecule has 1 aromatic rings. The first-order valence-electron chi connectivity index (χ1n) is 8.01. The maximum atomic E-state index is 12.7. The van der Waals surface area contributed by atoms with Gasteiger partial charge in [0.15, 0.2) is 0 Å². The van der Waals surface area contributed by atoms with Crippen molar-refractivity contribution in [1.29, 1.82) is 0 Å². The number of benzene rings is 1. The Morgan fingerprint density at radius 3 is 2.79 bits per heavy atom. The Hall–Kier alpha value is -1.27. The number of alkyl halides is 3. The zero-order chi connectivity index (χ0) is 16.9. The maximum absolute atomic E-state index is 12.7. The number of nitrogens with one attached hydrogen (secondary N) is 2. The third-order valence-corrected chi connectivity index (χ3v) is 4.26. The molecule has 1 fully saturated rings. The van der Waals surface area contributed by atoms with Crippen molar-refractivity contribution in [3.05, 3.63) is 35.4 Å². The molecule has 1 aliphatic heterocycles. The molecular formula is C17H24ClF3N2O. The molecule has 0 saturated carbocycles. The number of hydrogen-bond donors (Lipinski definition) is 2. The van der Waals surface area contributed by atoms with Crippen LogP contribution in [0.5, 0.6) is 0 Å². The van der Waals surface area contributed by atoms with E-state index in [1.807, 2.05) is 0 Å². The Bertz CT molecular complexity index is 531. The van der Waals surface area contributed by atoms with Gasteiger partial charge >= 0.3 is 6.18 Å². The normalized spacial score (nSPS) is 18.8. The van der Waals surface area contributed by atoms with E-state index < -0.39 is 11.7 Å². The van der Waals surface area contributed by atoms with Gasteiger partial charge in [-0.15, -0.1) is 12.4 Å². The molecule has 1 heterocycles. The van der Waals surface area contributed by atoms with Crippen LogP contribution < -0.4 is 10.6 Å². The van der Waals surface area contributed by atoms with Gasteiger partial charge in [0.25, 0.3) is 0 Å². The molecule has 1 aliphatic rings. The molecule has 0 radical (unpaired) electrons. The van der Waals surface area contributed by atoms with Crippen LogP contribution in [-0.2, 0) is 17.4 Å². The smallest absolute Gasteiger partial charge is 0.356 e. The summed E-state index contributed by atoms with van der Waals surface area (Å²) in [6.07, 6.45) is -1.97. The van der Waals surface area contributed by atoms with Crippen molar-refractivity contribution >= 4 is 18.3 Å². The van der Waals surface area contributed by atoms with Crippen molar-refractivity contribution in [2.45, 2.75) is 32.4 Å². The van der Waals surface area contributed by atoms with Crippen molar-refractivity contribution in [2.75, 3.05) is 19.6 Å². The van der Waals surface area contributed by atoms with Crippen LogP contribution in [0.3, 0.4) is 0 Å². The average molecular weight is 365 g/mol. The lowest BCUT2D eigenvalue weighted by molar-refractivity contribution is -0.137. The van der Waals surface area contributed by atoms with Gasteiger partial charge in [0.1, 0.15) is 0 Å². The summed E-state index contributed by atoms with van der Waals surface area (Å²) in [5.74, 6) is 0.155. The van der Waals surface area contributed by atoms with Gasteiger partial charge < -0.3 is 10.6 Å². The Morgan fingerprint density at radius 2 is 2.17 bits per heavy atom. The number of hydrogen-bond acceptors (Lipinski definition) is 2. The fraction of sp³-hybridized carbons (Fsp3) is 0.588. The minimum Gasteiger partial charge on any atom is -0.356 e. The molecular weight excluding hydrogens is 341 g/mol. The lowest BCUT2D eigenvalue weighted by Crippen LogP contribution is -2.32. The van der Waals surface area contributed by atoms with E-state index in [0.29, 0.717) is 24.4 Å². The summed E-state index contributed by atoms with van der Waals surface area (Å²) in [6, 6.07) is 5.18. The van der Waals surface area contributed by atoms with Crippen LogP contribution in [0.25, 0.3) is 0 Å². The zero-order valence-corrected chi connectivity index (χ0v) is 14.5. The molecule has 2 N–H and O–H groups in total. The number of rotatable bonds is 6. The van der Waals surface area contributed by atoms with E-state index in [2.05, 4.69) is 10.6 Å². The Balaban J connectivity index is 0.00000288. The minimum absolute atomic E-state index is 0. The highest BCUT2D eigenvalue weighted by molar-refractivity contribution is 5.85. The van der Waals surface area contributed by atoms with Gasteiger partial charge in [-0.25, -0.2) is 0 Å². The third kappa shape index (κ3) is 6.32. The fourth-order valence-corrected chi connectivity index (χ4v) is 2.86. The predicted octanol–water partition coefficient (Wildman–Crippen LogP) is 3.42. The first-order chi connectivity index (χ1) is 10.9. The third-order valence-electron chi connectivity index (χ3n) is 4.26. The van der Waals surface area contributed by atoms with Gasteiger partial charge in [0.05, 0.1) is 5.56 Å². The number of halogens is 4. The standard InChI is InChI=1S/C17H23F3N2O.ClH/c1-12(16(23)22-8-6-13-5-7-21-11-13)9-14-3-2-4-15(10-14)17(18,19)20;/h2-4,10,12-13,21H,5-9,11H2,1H3,(H,22,23);1H. The predicted molar refractivity (Wildman–Crippen MR) is 90.2 cm³/mol. The van der Waals surface area contributed by atoms with Gasteiger partial charge in [-0.2, -0.15) is 13.2 Å². The van der Waals surface area contributed by atoms with Gasteiger partial charge in [-0.1, -0.05) is 25.1 Å². The average Bonchev–Trinajstić information content (AvgIpc) is 3.00. The summed E-state index contributed by atoms with van der Waals surface area (Å²) < 4.78 is 38.1. The summed E-state index contributed by atoms with van der Waals surface area (Å²) in [5.41, 5.74) is -0.140. The van der Waals surface area contributed by atoms with E-state index in [-0.39, 0.29) is 24.2 Å². The van der Waals surface area contributed by atoms with Gasteiger partial charge in [-0.3, -0.25) is 4.79 Å². The molecule has 2 atom stereocenters. The number of carbonyl (C=O) groups excluding carboxylic acids is 1. The Labute approximate surface area is 146 Å². The van der Waals surface area contributed by atoms with Gasteiger partial charge in [0.2, 0.25) is 5.91 Å². The van der Waals surface area contributed by atoms with Crippen molar-refractivity contribution in [2.24, 2.45) is 11.8 Å². The van der Waals surface area contributed by atoms with Gasteiger partial charge in [-0.05, 0) is 49.9 Å². The molecule has 3 nitrogen and oxygen atoms in total. The van der Waals surface area contributed by atoms with Crippen LogP contribution in [0.1, 0.15) is 30.9 Å². The monoisotopic (exact) mass is 364 g/mol. The van der Waals surface area contributed by atoms with E-state index in [1.165, 1.54) is 6.07 Å². The molecule has 0 aliphatic carbocycles. The Kier molecular flexibility index (Phi) is 8.03. The highest BCUT2D eigenvalue weighted by atomic mass is 35.5. The second-order valence-corrected chi connectivity index (χ2v) is 6.24. The van der Waals surface area contributed by atoms with E-state index in [4.69, 9.17) is 0 Å². The quantitative estimate of drug-likeness (QED) is 0.812. The molecule has 136 valence electrons. The number of amides is 1. The summed E-state index contributed by atoms with van der Waals surface area (Å²) in [6.45, 7) is 4.39. The fourth-order valence-electron chi connectivity index (χ4n) is 2.86. The molecule has 2 rings (SSSR count). The van der Waals surface area contributed by atoms with E-state index in [1.54, 1.807) is 13.0 Å². The van der Waals surface area contributed by atoms with E-state index >= 15 is 0 Å². The van der Waals surface area contributed by atoms with Crippen molar-refractivity contribution < 1.29 is 18.0 Å². The van der Waals surface area contributed by atoms with Crippen LogP contribution in [0.4, 0.5) is 13.2 Å². The molecule has 1 amide bonds. The van der Waals surface area contributed by atoms with Crippen LogP contribution in [-0.4, -0.2) is 25.5 Å². The molecule has 0 spiro atoms. The number of carbonyl (C=O) groups is 1. The lowest BCUT2D eigenvalue weighted by Gasteiger charge is -2.15. The van der Waals surface area contributed by atoms with E-state index in [0.717, 1.165) is 38.1 Å². The Morgan fingerprint density at radius 1 is 1.42 bits per heavy atom.